The quantitative estimate of drug-likeness (QED) is 0.927. The van der Waals surface area contributed by atoms with E-state index in [0.29, 0.717) is 12.3 Å². The largest absolute Gasteiger partial charge is 0.490 e. The summed E-state index contributed by atoms with van der Waals surface area (Å²) in [6, 6.07) is 8.30. The van der Waals surface area contributed by atoms with Gasteiger partial charge in [0.15, 0.2) is 11.6 Å². The van der Waals surface area contributed by atoms with Crippen molar-refractivity contribution in [1.29, 1.82) is 0 Å². The summed E-state index contributed by atoms with van der Waals surface area (Å²) < 4.78 is 31.6. The molecule has 22 heavy (non-hydrogen) atoms. The minimum atomic E-state index is -1.05. The SMILES string of the molecule is CN1CCOc2ccc(NC(=O)c3ccc(F)c(F)c3)cc21. The van der Waals surface area contributed by atoms with Gasteiger partial charge in [-0.15, -0.1) is 0 Å². The number of halogens is 2. The molecule has 2 aromatic rings. The first-order valence-corrected chi connectivity index (χ1v) is 6.79. The van der Waals surface area contributed by atoms with Crippen LogP contribution in [0, 0.1) is 11.6 Å². The van der Waals surface area contributed by atoms with Crippen molar-refractivity contribution in [3.8, 4) is 5.75 Å². The number of amides is 1. The molecule has 0 saturated heterocycles. The van der Waals surface area contributed by atoms with E-state index in [1.54, 1.807) is 18.2 Å². The van der Waals surface area contributed by atoms with Crippen molar-refractivity contribution in [2.75, 3.05) is 30.4 Å². The number of carbonyl (C=O) groups excluding carboxylic acids is 1. The predicted molar refractivity (Wildman–Crippen MR) is 79.5 cm³/mol. The Balaban J connectivity index is 1.82. The van der Waals surface area contributed by atoms with Gasteiger partial charge in [-0.05, 0) is 36.4 Å². The molecule has 1 amide bonds. The molecular formula is C16H14F2N2O2. The van der Waals surface area contributed by atoms with Gasteiger partial charge in [0.25, 0.3) is 5.91 Å². The monoisotopic (exact) mass is 304 g/mol. The zero-order valence-corrected chi connectivity index (χ0v) is 11.9. The number of carbonyl (C=O) groups is 1. The summed E-state index contributed by atoms with van der Waals surface area (Å²) in [5, 5.41) is 2.67. The van der Waals surface area contributed by atoms with E-state index in [-0.39, 0.29) is 5.56 Å². The third-order valence-corrected chi connectivity index (χ3v) is 3.49. The van der Waals surface area contributed by atoms with Crippen LogP contribution in [0.3, 0.4) is 0 Å². The van der Waals surface area contributed by atoms with Crippen LogP contribution in [0.4, 0.5) is 20.2 Å². The zero-order chi connectivity index (χ0) is 15.7. The third-order valence-electron chi connectivity index (χ3n) is 3.49. The molecule has 1 N–H and O–H groups in total. The van der Waals surface area contributed by atoms with Crippen molar-refractivity contribution < 1.29 is 18.3 Å². The smallest absolute Gasteiger partial charge is 0.255 e. The van der Waals surface area contributed by atoms with Crippen molar-refractivity contribution in [3.05, 3.63) is 53.6 Å². The molecule has 1 aliphatic rings. The topological polar surface area (TPSA) is 41.6 Å². The Hall–Kier alpha value is -2.63. The summed E-state index contributed by atoms with van der Waals surface area (Å²) in [4.78, 5) is 14.1. The highest BCUT2D eigenvalue weighted by Crippen LogP contribution is 2.33. The highest BCUT2D eigenvalue weighted by molar-refractivity contribution is 6.04. The number of rotatable bonds is 2. The molecule has 1 heterocycles. The fourth-order valence-corrected chi connectivity index (χ4v) is 2.27. The van der Waals surface area contributed by atoms with Gasteiger partial charge in [-0.2, -0.15) is 0 Å². The first kappa shape index (κ1) is 14.3. The Morgan fingerprint density at radius 1 is 1.18 bits per heavy atom. The number of nitrogens with one attached hydrogen (secondary N) is 1. The summed E-state index contributed by atoms with van der Waals surface area (Å²) >= 11 is 0. The molecule has 0 atom stereocenters. The lowest BCUT2D eigenvalue weighted by Gasteiger charge is -2.28. The highest BCUT2D eigenvalue weighted by Gasteiger charge is 2.16. The second-order valence-corrected chi connectivity index (χ2v) is 5.04. The molecule has 0 saturated carbocycles. The van der Waals surface area contributed by atoms with Gasteiger partial charge in [-0.1, -0.05) is 0 Å². The maximum Gasteiger partial charge on any atom is 0.255 e. The Bertz CT molecular complexity index is 734. The molecule has 0 aromatic heterocycles. The van der Waals surface area contributed by atoms with Gasteiger partial charge in [0.2, 0.25) is 0 Å². The van der Waals surface area contributed by atoms with Gasteiger partial charge < -0.3 is 15.0 Å². The average Bonchev–Trinajstić information content (AvgIpc) is 2.51. The number of likely N-dealkylation sites (N-methyl/N-ethyl adjacent to an activating group) is 1. The minimum absolute atomic E-state index is 0.0567. The van der Waals surface area contributed by atoms with Crippen LogP contribution in [-0.4, -0.2) is 26.1 Å². The van der Waals surface area contributed by atoms with Crippen LogP contribution < -0.4 is 15.0 Å². The van der Waals surface area contributed by atoms with Crippen LogP contribution in [0.2, 0.25) is 0 Å². The van der Waals surface area contributed by atoms with E-state index in [2.05, 4.69) is 5.32 Å². The van der Waals surface area contributed by atoms with E-state index in [9.17, 15) is 13.6 Å². The van der Waals surface area contributed by atoms with Crippen LogP contribution in [0.1, 0.15) is 10.4 Å². The number of ether oxygens (including phenoxy) is 1. The van der Waals surface area contributed by atoms with Crippen LogP contribution in [-0.2, 0) is 0 Å². The number of benzene rings is 2. The Kier molecular flexibility index (Phi) is 3.66. The molecule has 114 valence electrons. The van der Waals surface area contributed by atoms with E-state index in [1.807, 2.05) is 11.9 Å². The lowest BCUT2D eigenvalue weighted by molar-refractivity contribution is 0.102. The number of fused-ring (bicyclic) bond motifs is 1. The van der Waals surface area contributed by atoms with E-state index >= 15 is 0 Å². The molecular weight excluding hydrogens is 290 g/mol. The molecule has 0 unspecified atom stereocenters. The van der Waals surface area contributed by atoms with Crippen molar-refractivity contribution in [3.63, 3.8) is 0 Å². The molecule has 4 nitrogen and oxygen atoms in total. The summed E-state index contributed by atoms with van der Waals surface area (Å²) in [5.41, 5.74) is 1.49. The van der Waals surface area contributed by atoms with Crippen molar-refractivity contribution in [2.24, 2.45) is 0 Å². The lowest BCUT2D eigenvalue weighted by atomic mass is 10.2. The zero-order valence-electron chi connectivity index (χ0n) is 11.9. The first-order valence-electron chi connectivity index (χ1n) is 6.79. The van der Waals surface area contributed by atoms with Gasteiger partial charge in [0.05, 0.1) is 12.2 Å². The first-order chi connectivity index (χ1) is 10.5. The van der Waals surface area contributed by atoms with Crippen LogP contribution >= 0.6 is 0 Å². The van der Waals surface area contributed by atoms with Gasteiger partial charge >= 0.3 is 0 Å². The summed E-state index contributed by atoms with van der Waals surface area (Å²) in [7, 11) is 1.93. The lowest BCUT2D eigenvalue weighted by Crippen LogP contribution is -2.28. The van der Waals surface area contributed by atoms with Gasteiger partial charge in [-0.3, -0.25) is 4.79 Å². The second-order valence-electron chi connectivity index (χ2n) is 5.04. The second kappa shape index (κ2) is 5.63. The van der Waals surface area contributed by atoms with E-state index in [1.165, 1.54) is 6.07 Å². The number of anilines is 2. The Labute approximate surface area is 126 Å². The van der Waals surface area contributed by atoms with Gasteiger partial charge in [0.1, 0.15) is 12.4 Å². The summed E-state index contributed by atoms with van der Waals surface area (Å²) in [6.07, 6.45) is 0. The van der Waals surface area contributed by atoms with Crippen molar-refractivity contribution in [1.82, 2.24) is 0 Å². The van der Waals surface area contributed by atoms with Crippen molar-refractivity contribution >= 4 is 17.3 Å². The van der Waals surface area contributed by atoms with E-state index in [4.69, 9.17) is 4.74 Å². The molecule has 2 aromatic carbocycles. The molecule has 0 aliphatic carbocycles. The van der Waals surface area contributed by atoms with Crippen LogP contribution in [0.5, 0.6) is 5.75 Å². The molecule has 3 rings (SSSR count). The molecule has 0 fully saturated rings. The van der Waals surface area contributed by atoms with Crippen LogP contribution in [0.25, 0.3) is 0 Å². The fraction of sp³-hybridized carbons (Fsp3) is 0.188. The number of hydrogen-bond acceptors (Lipinski definition) is 3. The molecule has 0 radical (unpaired) electrons. The number of nitrogens with zero attached hydrogens (tertiary/aromatic N) is 1. The number of hydrogen-bond donors (Lipinski definition) is 1. The molecule has 1 aliphatic heterocycles. The molecule has 0 spiro atoms. The van der Waals surface area contributed by atoms with Crippen molar-refractivity contribution in [2.45, 2.75) is 0 Å². The maximum absolute atomic E-state index is 13.2. The standard InChI is InChI=1S/C16H14F2N2O2/c1-20-6-7-22-15-5-3-11(9-14(15)20)19-16(21)10-2-4-12(17)13(18)8-10/h2-5,8-9H,6-7H2,1H3,(H,19,21). The van der Waals surface area contributed by atoms with Crippen LogP contribution in [0.15, 0.2) is 36.4 Å². The predicted octanol–water partition coefficient (Wildman–Crippen LogP) is 3.05. The molecule has 0 bridgehead atoms. The van der Waals surface area contributed by atoms with E-state index < -0.39 is 17.5 Å². The Morgan fingerprint density at radius 3 is 2.77 bits per heavy atom. The normalized spacial score (nSPS) is 13.3. The Morgan fingerprint density at radius 2 is 2.00 bits per heavy atom. The summed E-state index contributed by atoms with van der Waals surface area (Å²) in [6.45, 7) is 1.37. The van der Waals surface area contributed by atoms with Gasteiger partial charge in [0, 0.05) is 18.3 Å². The minimum Gasteiger partial charge on any atom is -0.490 e. The fourth-order valence-electron chi connectivity index (χ4n) is 2.27. The van der Waals surface area contributed by atoms with E-state index in [0.717, 1.165) is 30.1 Å². The average molecular weight is 304 g/mol. The maximum atomic E-state index is 13.2. The molecule has 6 heteroatoms. The highest BCUT2D eigenvalue weighted by atomic mass is 19.2. The van der Waals surface area contributed by atoms with Gasteiger partial charge in [-0.25, -0.2) is 8.78 Å². The third kappa shape index (κ3) is 2.72. The summed E-state index contributed by atoms with van der Waals surface area (Å²) in [5.74, 6) is -1.78.